The highest BCUT2D eigenvalue weighted by molar-refractivity contribution is 5.90. The molecule has 0 aromatic carbocycles. The van der Waals surface area contributed by atoms with E-state index in [9.17, 15) is 9.90 Å². The van der Waals surface area contributed by atoms with E-state index in [4.69, 9.17) is 0 Å². The van der Waals surface area contributed by atoms with Crippen LogP contribution in [0.25, 0.3) is 11.2 Å². The molecule has 3 aromatic heterocycles. The van der Waals surface area contributed by atoms with Gasteiger partial charge in [-0.2, -0.15) is 5.10 Å². The zero-order chi connectivity index (χ0) is 17.6. The van der Waals surface area contributed by atoms with Crippen molar-refractivity contribution < 1.29 is 9.90 Å². The summed E-state index contributed by atoms with van der Waals surface area (Å²) in [5, 5.41) is 17.1. The smallest absolute Gasteiger partial charge is 0.339 e. The number of imidazole rings is 1. The molecule has 130 valence electrons. The second-order valence-electron chi connectivity index (χ2n) is 6.39. The quantitative estimate of drug-likeness (QED) is 0.728. The maximum Gasteiger partial charge on any atom is 0.339 e. The highest BCUT2D eigenvalue weighted by Gasteiger charge is 2.26. The maximum atomic E-state index is 11.6. The molecule has 1 aliphatic rings. The summed E-state index contributed by atoms with van der Waals surface area (Å²) in [5.41, 5.74) is 3.06. The normalized spacial score (nSPS) is 13.6. The molecule has 0 radical (unpaired) electrons. The number of aromatic carboxylic acids is 1. The molecule has 0 atom stereocenters. The lowest BCUT2D eigenvalue weighted by Crippen LogP contribution is -2.09. The molecule has 0 spiro atoms. The third-order valence-corrected chi connectivity index (χ3v) is 4.47. The fraction of sp³-hybridized carbons (Fsp3) is 0.438. The van der Waals surface area contributed by atoms with Gasteiger partial charge in [0.15, 0.2) is 11.5 Å². The van der Waals surface area contributed by atoms with E-state index in [1.54, 1.807) is 11.0 Å². The van der Waals surface area contributed by atoms with Crippen LogP contribution in [0, 0.1) is 0 Å². The van der Waals surface area contributed by atoms with E-state index in [1.165, 1.54) is 6.33 Å². The summed E-state index contributed by atoms with van der Waals surface area (Å²) in [6, 6.07) is 0.238. The first-order valence-corrected chi connectivity index (χ1v) is 8.29. The van der Waals surface area contributed by atoms with Gasteiger partial charge in [0.2, 0.25) is 0 Å². The molecule has 1 aliphatic heterocycles. The number of rotatable bonds is 5. The summed E-state index contributed by atoms with van der Waals surface area (Å²) in [4.78, 5) is 24.6. The van der Waals surface area contributed by atoms with Crippen LogP contribution in [-0.2, 0) is 19.5 Å². The summed E-state index contributed by atoms with van der Waals surface area (Å²) in [7, 11) is 0. The molecule has 0 aliphatic carbocycles. The SMILES string of the molecule is CC(C)n1cnc2c(NCc3nn4c(c3C(=O)O)CCC4)ncnc21. The number of carboxylic acids is 1. The highest BCUT2D eigenvalue weighted by Crippen LogP contribution is 2.24. The monoisotopic (exact) mass is 341 g/mol. The fourth-order valence-corrected chi connectivity index (χ4v) is 3.28. The number of carbonyl (C=O) groups is 1. The molecule has 4 rings (SSSR count). The van der Waals surface area contributed by atoms with E-state index in [2.05, 4.69) is 39.2 Å². The number of aromatic nitrogens is 6. The zero-order valence-electron chi connectivity index (χ0n) is 14.1. The van der Waals surface area contributed by atoms with Crippen molar-refractivity contribution >= 4 is 23.0 Å². The standard InChI is InChI=1S/C16H19N7O2/c1-9(2)22-8-20-13-14(18-7-19-15(13)22)17-6-10-12(16(24)25)11-4-3-5-23(11)21-10/h7-9H,3-6H2,1-2H3,(H,24,25)(H,17,18,19). The average Bonchev–Trinajstić information content (AvgIpc) is 3.25. The Labute approximate surface area is 143 Å². The van der Waals surface area contributed by atoms with Gasteiger partial charge in [-0.1, -0.05) is 0 Å². The molecular weight excluding hydrogens is 322 g/mol. The Morgan fingerprint density at radius 2 is 2.20 bits per heavy atom. The van der Waals surface area contributed by atoms with Gasteiger partial charge < -0.3 is 15.0 Å². The Morgan fingerprint density at radius 1 is 1.36 bits per heavy atom. The third kappa shape index (κ3) is 2.51. The molecule has 9 nitrogen and oxygen atoms in total. The molecule has 9 heteroatoms. The first-order valence-electron chi connectivity index (χ1n) is 8.29. The Kier molecular flexibility index (Phi) is 3.63. The van der Waals surface area contributed by atoms with Crippen LogP contribution in [0.3, 0.4) is 0 Å². The van der Waals surface area contributed by atoms with Crippen molar-refractivity contribution in [2.75, 3.05) is 5.32 Å². The van der Waals surface area contributed by atoms with Gasteiger partial charge in [0.1, 0.15) is 17.4 Å². The number of hydrogen-bond donors (Lipinski definition) is 2. The van der Waals surface area contributed by atoms with Crippen molar-refractivity contribution in [1.82, 2.24) is 29.3 Å². The van der Waals surface area contributed by atoms with E-state index in [-0.39, 0.29) is 12.6 Å². The number of hydrogen-bond acceptors (Lipinski definition) is 6. The predicted octanol–water partition coefficient (Wildman–Crippen LogP) is 1.86. The van der Waals surface area contributed by atoms with Crippen LogP contribution in [0.15, 0.2) is 12.7 Å². The van der Waals surface area contributed by atoms with Crippen molar-refractivity contribution in [1.29, 1.82) is 0 Å². The van der Waals surface area contributed by atoms with Gasteiger partial charge in [-0.05, 0) is 26.7 Å². The van der Waals surface area contributed by atoms with Crippen LogP contribution in [0.1, 0.15) is 48.1 Å². The van der Waals surface area contributed by atoms with Gasteiger partial charge in [0.25, 0.3) is 0 Å². The van der Waals surface area contributed by atoms with Crippen molar-refractivity contribution in [3.63, 3.8) is 0 Å². The lowest BCUT2D eigenvalue weighted by atomic mass is 10.1. The average molecular weight is 341 g/mol. The van der Waals surface area contributed by atoms with Crippen molar-refractivity contribution in [2.45, 2.75) is 45.8 Å². The van der Waals surface area contributed by atoms with E-state index in [0.717, 1.165) is 30.7 Å². The van der Waals surface area contributed by atoms with E-state index in [0.29, 0.717) is 22.6 Å². The van der Waals surface area contributed by atoms with E-state index in [1.807, 2.05) is 4.57 Å². The minimum Gasteiger partial charge on any atom is -0.478 e. The fourth-order valence-electron chi connectivity index (χ4n) is 3.28. The number of fused-ring (bicyclic) bond motifs is 2. The van der Waals surface area contributed by atoms with Gasteiger partial charge in [0.05, 0.1) is 24.3 Å². The minimum absolute atomic E-state index is 0.238. The molecule has 0 amide bonds. The molecule has 2 N–H and O–H groups in total. The van der Waals surface area contributed by atoms with Crippen LogP contribution in [-0.4, -0.2) is 40.4 Å². The van der Waals surface area contributed by atoms with Crippen LogP contribution in [0.5, 0.6) is 0 Å². The summed E-state index contributed by atoms with van der Waals surface area (Å²) in [6.07, 6.45) is 4.92. The molecule has 3 aromatic rings. The number of nitrogens with one attached hydrogen (secondary N) is 1. The molecule has 0 bridgehead atoms. The second kappa shape index (κ2) is 5.83. The summed E-state index contributed by atoms with van der Waals surface area (Å²) in [6.45, 7) is 5.17. The van der Waals surface area contributed by atoms with Crippen LogP contribution >= 0.6 is 0 Å². The van der Waals surface area contributed by atoms with E-state index < -0.39 is 5.97 Å². The van der Waals surface area contributed by atoms with Gasteiger partial charge in [0, 0.05) is 12.6 Å². The Bertz CT molecular complexity index is 957. The topological polar surface area (TPSA) is 111 Å². The highest BCUT2D eigenvalue weighted by atomic mass is 16.4. The Hall–Kier alpha value is -2.97. The molecule has 0 saturated heterocycles. The maximum absolute atomic E-state index is 11.6. The summed E-state index contributed by atoms with van der Waals surface area (Å²) < 4.78 is 3.76. The van der Waals surface area contributed by atoms with Crippen molar-refractivity contribution in [3.8, 4) is 0 Å². The number of aryl methyl sites for hydroxylation is 1. The molecule has 25 heavy (non-hydrogen) atoms. The van der Waals surface area contributed by atoms with Crippen molar-refractivity contribution in [2.24, 2.45) is 0 Å². The van der Waals surface area contributed by atoms with Crippen LogP contribution < -0.4 is 5.32 Å². The molecule has 0 saturated carbocycles. The Morgan fingerprint density at radius 3 is 2.96 bits per heavy atom. The molecular formula is C16H19N7O2. The number of carboxylic acid groups (broad SMARTS) is 1. The second-order valence-corrected chi connectivity index (χ2v) is 6.39. The number of anilines is 1. The van der Waals surface area contributed by atoms with Crippen molar-refractivity contribution in [3.05, 3.63) is 29.6 Å². The van der Waals surface area contributed by atoms with Crippen LogP contribution in [0.4, 0.5) is 5.82 Å². The molecule has 0 fully saturated rings. The summed E-state index contributed by atoms with van der Waals surface area (Å²) >= 11 is 0. The first-order chi connectivity index (χ1) is 12.1. The number of nitrogens with zero attached hydrogens (tertiary/aromatic N) is 6. The lowest BCUT2D eigenvalue weighted by Gasteiger charge is -2.08. The largest absolute Gasteiger partial charge is 0.478 e. The lowest BCUT2D eigenvalue weighted by molar-refractivity contribution is 0.0694. The summed E-state index contributed by atoms with van der Waals surface area (Å²) in [5.74, 6) is -0.356. The van der Waals surface area contributed by atoms with E-state index >= 15 is 0 Å². The molecule has 4 heterocycles. The van der Waals surface area contributed by atoms with Crippen LogP contribution in [0.2, 0.25) is 0 Å². The first kappa shape index (κ1) is 15.6. The predicted molar refractivity (Wildman–Crippen MR) is 90.5 cm³/mol. The third-order valence-electron chi connectivity index (χ3n) is 4.47. The Balaban J connectivity index is 1.65. The van der Waals surface area contributed by atoms with Gasteiger partial charge in [-0.25, -0.2) is 19.7 Å². The van der Waals surface area contributed by atoms with Gasteiger partial charge in [-0.3, -0.25) is 4.68 Å². The van der Waals surface area contributed by atoms with Gasteiger partial charge >= 0.3 is 5.97 Å². The van der Waals surface area contributed by atoms with Gasteiger partial charge in [-0.15, -0.1) is 0 Å². The minimum atomic E-state index is -0.933. The molecule has 0 unspecified atom stereocenters. The zero-order valence-corrected chi connectivity index (χ0v) is 14.1.